The molecular formula is C19H26O3. The van der Waals surface area contributed by atoms with E-state index in [0.717, 1.165) is 31.4 Å². The van der Waals surface area contributed by atoms with E-state index in [9.17, 15) is 10.2 Å². The van der Waals surface area contributed by atoms with E-state index in [4.69, 9.17) is 4.74 Å². The third-order valence-corrected chi connectivity index (χ3v) is 6.91. The lowest BCUT2D eigenvalue weighted by Gasteiger charge is -2.49. The van der Waals surface area contributed by atoms with Crippen molar-refractivity contribution >= 4 is 0 Å². The van der Waals surface area contributed by atoms with Gasteiger partial charge in [0.05, 0.1) is 19.3 Å². The molecule has 6 atom stereocenters. The lowest BCUT2D eigenvalue weighted by molar-refractivity contribution is -0.0505. The first-order valence-electron chi connectivity index (χ1n) is 8.57. The summed E-state index contributed by atoms with van der Waals surface area (Å²) in [6.45, 7) is 2.19. The van der Waals surface area contributed by atoms with Crippen LogP contribution in [-0.4, -0.2) is 29.5 Å². The van der Waals surface area contributed by atoms with E-state index in [-0.39, 0.29) is 5.41 Å². The number of ether oxygens (including phenoxy) is 1. The van der Waals surface area contributed by atoms with Crippen molar-refractivity contribution in [3.05, 3.63) is 29.3 Å². The summed E-state index contributed by atoms with van der Waals surface area (Å²) in [6.07, 6.45) is 4.09. The Morgan fingerprint density at radius 2 is 2.05 bits per heavy atom. The summed E-state index contributed by atoms with van der Waals surface area (Å²) in [7, 11) is 1.72. The molecule has 0 aliphatic heterocycles. The van der Waals surface area contributed by atoms with Crippen molar-refractivity contribution in [2.45, 2.75) is 57.2 Å². The van der Waals surface area contributed by atoms with E-state index in [2.05, 4.69) is 25.1 Å². The number of aliphatic hydroxyl groups excluding tert-OH is 2. The van der Waals surface area contributed by atoms with E-state index in [0.29, 0.717) is 17.8 Å². The van der Waals surface area contributed by atoms with Crippen molar-refractivity contribution in [2.75, 3.05) is 7.11 Å². The van der Waals surface area contributed by atoms with Crippen molar-refractivity contribution in [2.24, 2.45) is 17.3 Å². The average molecular weight is 302 g/mol. The molecule has 3 aliphatic rings. The molecule has 0 aromatic heterocycles. The third-order valence-electron chi connectivity index (χ3n) is 6.91. The predicted octanol–water partition coefficient (Wildman–Crippen LogP) is 2.88. The molecule has 22 heavy (non-hydrogen) atoms. The minimum absolute atomic E-state index is 0.0927. The molecule has 1 aromatic rings. The highest BCUT2D eigenvalue weighted by Gasteiger charge is 2.57. The van der Waals surface area contributed by atoms with Crippen LogP contribution in [0.25, 0.3) is 0 Å². The van der Waals surface area contributed by atoms with Crippen LogP contribution in [0, 0.1) is 17.3 Å². The number of aliphatic hydroxyl groups is 2. The molecular weight excluding hydrogens is 276 g/mol. The van der Waals surface area contributed by atoms with Gasteiger partial charge in [0.15, 0.2) is 0 Å². The quantitative estimate of drug-likeness (QED) is 0.838. The second-order valence-electron chi connectivity index (χ2n) is 7.77. The van der Waals surface area contributed by atoms with Crippen LogP contribution >= 0.6 is 0 Å². The maximum absolute atomic E-state index is 10.4. The summed E-state index contributed by atoms with van der Waals surface area (Å²) in [5.74, 6) is 2.59. The van der Waals surface area contributed by atoms with Gasteiger partial charge in [-0.25, -0.2) is 0 Å². The Bertz CT molecular complexity index is 584. The van der Waals surface area contributed by atoms with Gasteiger partial charge in [0.2, 0.25) is 0 Å². The smallest absolute Gasteiger partial charge is 0.119 e. The highest BCUT2D eigenvalue weighted by Crippen LogP contribution is 2.60. The number of rotatable bonds is 1. The SMILES string of the molecule is COc1ccc2c(c1)CC[C@H]1[C@H]2CC[C@]2(C)[C@@H](O)[C@H](O)C[C@@H]12. The van der Waals surface area contributed by atoms with Gasteiger partial charge in [-0.2, -0.15) is 0 Å². The molecule has 0 heterocycles. The second kappa shape index (κ2) is 4.97. The van der Waals surface area contributed by atoms with Crippen LogP contribution in [0.4, 0.5) is 0 Å². The van der Waals surface area contributed by atoms with Crippen LogP contribution in [0.5, 0.6) is 5.75 Å². The monoisotopic (exact) mass is 302 g/mol. The van der Waals surface area contributed by atoms with Crippen molar-refractivity contribution < 1.29 is 14.9 Å². The number of hydrogen-bond acceptors (Lipinski definition) is 3. The first kappa shape index (κ1) is 14.5. The van der Waals surface area contributed by atoms with Crippen LogP contribution in [0.2, 0.25) is 0 Å². The maximum Gasteiger partial charge on any atom is 0.119 e. The number of aryl methyl sites for hydroxylation is 1. The van der Waals surface area contributed by atoms with Crippen molar-refractivity contribution in [1.29, 1.82) is 0 Å². The van der Waals surface area contributed by atoms with Crippen molar-refractivity contribution in [3.8, 4) is 5.75 Å². The fourth-order valence-corrected chi connectivity index (χ4v) is 5.67. The molecule has 2 fully saturated rings. The van der Waals surface area contributed by atoms with E-state index in [1.165, 1.54) is 17.5 Å². The highest BCUT2D eigenvalue weighted by molar-refractivity contribution is 5.40. The highest BCUT2D eigenvalue weighted by atomic mass is 16.5. The molecule has 0 unspecified atom stereocenters. The van der Waals surface area contributed by atoms with Gasteiger partial charge >= 0.3 is 0 Å². The van der Waals surface area contributed by atoms with Gasteiger partial charge in [0.1, 0.15) is 5.75 Å². The first-order valence-corrected chi connectivity index (χ1v) is 8.57. The van der Waals surface area contributed by atoms with Gasteiger partial charge in [-0.1, -0.05) is 13.0 Å². The van der Waals surface area contributed by atoms with Gasteiger partial charge in [0, 0.05) is 0 Å². The Morgan fingerprint density at radius 3 is 2.82 bits per heavy atom. The largest absolute Gasteiger partial charge is 0.497 e. The minimum atomic E-state index is -0.546. The van der Waals surface area contributed by atoms with Crippen molar-refractivity contribution in [3.63, 3.8) is 0 Å². The van der Waals surface area contributed by atoms with Crippen LogP contribution in [-0.2, 0) is 6.42 Å². The number of benzene rings is 1. The van der Waals surface area contributed by atoms with E-state index in [1.807, 2.05) is 0 Å². The normalized spacial score (nSPS) is 43.2. The lowest BCUT2D eigenvalue weighted by Crippen LogP contribution is -2.44. The lowest BCUT2D eigenvalue weighted by atomic mass is 9.55. The molecule has 3 heteroatoms. The molecule has 0 radical (unpaired) electrons. The third kappa shape index (κ3) is 1.88. The average Bonchev–Trinajstić information content (AvgIpc) is 2.77. The predicted molar refractivity (Wildman–Crippen MR) is 85.0 cm³/mol. The Balaban J connectivity index is 1.69. The molecule has 0 saturated heterocycles. The van der Waals surface area contributed by atoms with Gasteiger partial charge in [-0.05, 0) is 78.5 Å². The Labute approximate surface area is 132 Å². The van der Waals surface area contributed by atoms with Crippen LogP contribution in [0.3, 0.4) is 0 Å². The molecule has 3 nitrogen and oxygen atoms in total. The molecule has 4 rings (SSSR count). The second-order valence-corrected chi connectivity index (χ2v) is 7.77. The van der Waals surface area contributed by atoms with Gasteiger partial charge in [0.25, 0.3) is 0 Å². The molecule has 0 amide bonds. The summed E-state index contributed by atoms with van der Waals surface area (Å²) >= 11 is 0. The molecule has 2 saturated carbocycles. The van der Waals surface area contributed by atoms with E-state index >= 15 is 0 Å². The zero-order valence-corrected chi connectivity index (χ0v) is 13.5. The van der Waals surface area contributed by atoms with Crippen LogP contribution < -0.4 is 4.74 Å². The Kier molecular flexibility index (Phi) is 3.28. The summed E-state index contributed by atoms with van der Waals surface area (Å²) in [4.78, 5) is 0. The number of fused-ring (bicyclic) bond motifs is 5. The van der Waals surface area contributed by atoms with Gasteiger partial charge < -0.3 is 14.9 Å². The fraction of sp³-hybridized carbons (Fsp3) is 0.684. The molecule has 120 valence electrons. The molecule has 0 spiro atoms. The van der Waals surface area contributed by atoms with E-state index in [1.54, 1.807) is 7.11 Å². The Hall–Kier alpha value is -1.06. The van der Waals surface area contributed by atoms with Crippen LogP contribution in [0.15, 0.2) is 18.2 Å². The molecule has 0 bridgehead atoms. The number of hydrogen-bond donors (Lipinski definition) is 2. The topological polar surface area (TPSA) is 49.7 Å². The van der Waals surface area contributed by atoms with Crippen LogP contribution in [0.1, 0.15) is 49.7 Å². The van der Waals surface area contributed by atoms with Gasteiger partial charge in [-0.15, -0.1) is 0 Å². The zero-order chi connectivity index (χ0) is 15.5. The Morgan fingerprint density at radius 1 is 1.23 bits per heavy atom. The summed E-state index contributed by atoms with van der Waals surface area (Å²) in [5.41, 5.74) is 2.82. The molecule has 2 N–H and O–H groups in total. The minimum Gasteiger partial charge on any atom is -0.497 e. The molecule has 3 aliphatic carbocycles. The zero-order valence-electron chi connectivity index (χ0n) is 13.5. The van der Waals surface area contributed by atoms with Crippen molar-refractivity contribution in [1.82, 2.24) is 0 Å². The van der Waals surface area contributed by atoms with E-state index < -0.39 is 12.2 Å². The first-order chi connectivity index (χ1) is 10.5. The molecule has 1 aromatic carbocycles. The standard InChI is InChI=1S/C19H26O3/c1-19-8-7-14-13-6-4-12(22-2)9-11(13)3-5-15(14)16(19)10-17(20)18(19)21/h4,6,9,14-18,20-21H,3,5,7-8,10H2,1-2H3/t14-,15-,16-,17+,18-,19-/m0/s1. The summed E-state index contributed by atoms with van der Waals surface area (Å²) < 4.78 is 5.36. The maximum atomic E-state index is 10.4. The summed E-state index contributed by atoms with van der Waals surface area (Å²) in [6, 6.07) is 6.51. The number of methoxy groups -OCH3 is 1. The van der Waals surface area contributed by atoms with Gasteiger partial charge in [-0.3, -0.25) is 0 Å². The fourth-order valence-electron chi connectivity index (χ4n) is 5.67. The summed E-state index contributed by atoms with van der Waals surface area (Å²) in [5, 5.41) is 20.6.